The van der Waals surface area contributed by atoms with Crippen molar-refractivity contribution in [1.29, 1.82) is 0 Å². The highest BCUT2D eigenvalue weighted by Gasteiger charge is 2.29. The number of hydrogen-bond acceptors (Lipinski definition) is 4. The predicted octanol–water partition coefficient (Wildman–Crippen LogP) is 2.59. The first-order valence-electron chi connectivity index (χ1n) is 7.57. The first-order valence-corrected chi connectivity index (χ1v) is 7.57. The number of fused-ring (bicyclic) bond motifs is 1. The number of carbonyl (C=O) groups excluding carboxylic acids is 1. The fourth-order valence-electron chi connectivity index (χ4n) is 2.51. The van der Waals surface area contributed by atoms with E-state index in [1.165, 1.54) is 0 Å². The summed E-state index contributed by atoms with van der Waals surface area (Å²) in [5.74, 6) is 0.406. The topological polar surface area (TPSA) is 103 Å². The number of aromatic amines is 1. The third-order valence-corrected chi connectivity index (χ3v) is 3.68. The number of anilines is 1. The molecule has 0 aliphatic rings. The summed E-state index contributed by atoms with van der Waals surface area (Å²) in [5, 5.41) is 23.4. The van der Waals surface area contributed by atoms with E-state index in [1.54, 1.807) is 32.3 Å². The lowest BCUT2D eigenvalue weighted by Gasteiger charge is -2.30. The van der Waals surface area contributed by atoms with Gasteiger partial charge in [-0.25, -0.2) is 9.78 Å². The van der Waals surface area contributed by atoms with Crippen molar-refractivity contribution in [3.63, 3.8) is 0 Å². The summed E-state index contributed by atoms with van der Waals surface area (Å²) in [7, 11) is 0. The van der Waals surface area contributed by atoms with Gasteiger partial charge in [0.25, 0.3) is 0 Å². The Hall–Kier alpha value is -2.93. The Morgan fingerprint density at radius 1 is 1.25 bits per heavy atom. The molecule has 0 fully saturated rings. The van der Waals surface area contributed by atoms with Crippen molar-refractivity contribution in [2.45, 2.75) is 25.5 Å². The van der Waals surface area contributed by atoms with Crippen LogP contribution in [0.4, 0.5) is 10.6 Å². The third kappa shape index (κ3) is 3.52. The number of benzene rings is 1. The predicted molar refractivity (Wildman–Crippen MR) is 91.5 cm³/mol. The number of urea groups is 1. The molecule has 24 heavy (non-hydrogen) atoms. The molecule has 0 bridgehead atoms. The van der Waals surface area contributed by atoms with Crippen molar-refractivity contribution in [1.82, 2.24) is 20.5 Å². The van der Waals surface area contributed by atoms with Gasteiger partial charge in [0.15, 0.2) is 0 Å². The summed E-state index contributed by atoms with van der Waals surface area (Å²) < 4.78 is 0. The minimum absolute atomic E-state index is 0.406. The number of amides is 2. The molecule has 2 aromatic heterocycles. The molecule has 7 nitrogen and oxygen atoms in total. The first kappa shape index (κ1) is 15.9. The summed E-state index contributed by atoms with van der Waals surface area (Å²) in [6, 6.07) is 10.1. The summed E-state index contributed by atoms with van der Waals surface area (Å²) in [6.45, 7) is 3.31. The van der Waals surface area contributed by atoms with Gasteiger partial charge in [0, 0.05) is 5.39 Å². The number of hydrogen-bond donors (Lipinski definition) is 4. The van der Waals surface area contributed by atoms with E-state index in [4.69, 9.17) is 0 Å². The smallest absolute Gasteiger partial charge is 0.320 e. The second-order valence-corrected chi connectivity index (χ2v) is 6.12. The van der Waals surface area contributed by atoms with Crippen LogP contribution in [0.2, 0.25) is 0 Å². The standard InChI is InChI=1S/C17H19N5O2/c1-17(2,24)15(11-6-4-3-5-7-11)21-16(23)20-14-8-12-9-19-22-13(12)10-18-14/h3-10,15,24H,1-2H3,(H,19,22)(H2,18,20,21,23). The highest BCUT2D eigenvalue weighted by atomic mass is 16.3. The Balaban J connectivity index is 1.76. The third-order valence-electron chi connectivity index (χ3n) is 3.68. The van der Waals surface area contributed by atoms with Crippen LogP contribution in [0.1, 0.15) is 25.5 Å². The van der Waals surface area contributed by atoms with Gasteiger partial charge in [-0.3, -0.25) is 10.4 Å². The summed E-state index contributed by atoms with van der Waals surface area (Å²) in [5.41, 5.74) is 0.485. The number of aliphatic hydroxyl groups is 1. The number of carbonyl (C=O) groups is 1. The maximum absolute atomic E-state index is 12.3. The molecule has 1 unspecified atom stereocenters. The normalized spacial score (nSPS) is 12.8. The Labute approximate surface area is 139 Å². The molecule has 0 spiro atoms. The Bertz CT molecular complexity index is 839. The van der Waals surface area contributed by atoms with Crippen LogP contribution in [-0.2, 0) is 0 Å². The molecule has 0 aliphatic heterocycles. The second kappa shape index (κ2) is 6.29. The van der Waals surface area contributed by atoms with Gasteiger partial charge in [-0.2, -0.15) is 5.10 Å². The van der Waals surface area contributed by atoms with E-state index < -0.39 is 17.7 Å². The van der Waals surface area contributed by atoms with E-state index in [9.17, 15) is 9.90 Å². The van der Waals surface area contributed by atoms with Gasteiger partial charge in [-0.15, -0.1) is 0 Å². The number of rotatable bonds is 4. The van der Waals surface area contributed by atoms with Gasteiger partial charge in [-0.1, -0.05) is 30.3 Å². The van der Waals surface area contributed by atoms with Crippen LogP contribution in [-0.4, -0.2) is 31.9 Å². The number of aromatic nitrogens is 3. The number of nitrogens with one attached hydrogen (secondary N) is 3. The van der Waals surface area contributed by atoms with Crippen LogP contribution in [0.5, 0.6) is 0 Å². The van der Waals surface area contributed by atoms with E-state index in [2.05, 4.69) is 25.8 Å². The average molecular weight is 325 g/mol. The SMILES string of the molecule is CC(C)(O)C(NC(=O)Nc1cc2cn[nH]c2cn1)c1ccccc1. The van der Waals surface area contributed by atoms with Crippen LogP contribution in [0.15, 0.2) is 48.8 Å². The maximum atomic E-state index is 12.3. The molecule has 0 aliphatic carbocycles. The molecular weight excluding hydrogens is 306 g/mol. The lowest BCUT2D eigenvalue weighted by molar-refractivity contribution is 0.0415. The van der Waals surface area contributed by atoms with E-state index in [1.807, 2.05) is 30.3 Å². The minimum atomic E-state index is -1.12. The average Bonchev–Trinajstić information content (AvgIpc) is 3.00. The number of nitrogens with zero attached hydrogens (tertiary/aromatic N) is 2. The van der Waals surface area contributed by atoms with Crippen molar-refractivity contribution in [3.8, 4) is 0 Å². The number of H-pyrrole nitrogens is 1. The van der Waals surface area contributed by atoms with E-state index in [-0.39, 0.29) is 0 Å². The molecule has 0 saturated carbocycles. The Morgan fingerprint density at radius 2 is 2.00 bits per heavy atom. The fourth-order valence-corrected chi connectivity index (χ4v) is 2.51. The van der Waals surface area contributed by atoms with Crippen molar-refractivity contribution < 1.29 is 9.90 Å². The van der Waals surface area contributed by atoms with Crippen LogP contribution >= 0.6 is 0 Å². The molecular formula is C17H19N5O2. The van der Waals surface area contributed by atoms with Crippen LogP contribution in [0, 0.1) is 0 Å². The van der Waals surface area contributed by atoms with E-state index >= 15 is 0 Å². The van der Waals surface area contributed by atoms with Gasteiger partial charge in [0.1, 0.15) is 5.82 Å². The van der Waals surface area contributed by atoms with Crippen LogP contribution in [0.25, 0.3) is 10.9 Å². The van der Waals surface area contributed by atoms with Gasteiger partial charge >= 0.3 is 6.03 Å². The highest BCUT2D eigenvalue weighted by molar-refractivity contribution is 5.91. The molecule has 124 valence electrons. The zero-order valence-electron chi connectivity index (χ0n) is 13.4. The zero-order valence-corrected chi connectivity index (χ0v) is 13.4. The molecule has 4 N–H and O–H groups in total. The van der Waals surface area contributed by atoms with Crippen LogP contribution in [0.3, 0.4) is 0 Å². The molecule has 2 amide bonds. The van der Waals surface area contributed by atoms with Gasteiger partial charge < -0.3 is 10.4 Å². The minimum Gasteiger partial charge on any atom is -0.388 e. The Morgan fingerprint density at radius 3 is 2.71 bits per heavy atom. The largest absolute Gasteiger partial charge is 0.388 e. The monoisotopic (exact) mass is 325 g/mol. The van der Waals surface area contributed by atoms with E-state index in [0.29, 0.717) is 5.82 Å². The molecule has 3 rings (SSSR count). The van der Waals surface area contributed by atoms with Gasteiger partial charge in [0.05, 0.1) is 29.6 Å². The first-order chi connectivity index (χ1) is 11.4. The molecule has 0 saturated heterocycles. The molecule has 1 aromatic carbocycles. The molecule has 0 radical (unpaired) electrons. The van der Waals surface area contributed by atoms with Crippen molar-refractivity contribution in [3.05, 3.63) is 54.4 Å². The molecule has 1 atom stereocenters. The van der Waals surface area contributed by atoms with Gasteiger partial charge in [-0.05, 0) is 25.5 Å². The lowest BCUT2D eigenvalue weighted by Crippen LogP contribution is -2.43. The van der Waals surface area contributed by atoms with Gasteiger partial charge in [0.2, 0.25) is 0 Å². The summed E-state index contributed by atoms with van der Waals surface area (Å²) in [4.78, 5) is 16.5. The van der Waals surface area contributed by atoms with Crippen molar-refractivity contribution >= 4 is 22.8 Å². The van der Waals surface area contributed by atoms with Crippen LogP contribution < -0.4 is 10.6 Å². The fraction of sp³-hybridized carbons (Fsp3) is 0.235. The Kier molecular flexibility index (Phi) is 4.18. The van der Waals surface area contributed by atoms with Crippen molar-refractivity contribution in [2.75, 3.05) is 5.32 Å². The zero-order chi connectivity index (χ0) is 17.2. The quantitative estimate of drug-likeness (QED) is 0.592. The molecule has 3 aromatic rings. The van der Waals surface area contributed by atoms with Crippen molar-refractivity contribution in [2.24, 2.45) is 0 Å². The molecule has 7 heteroatoms. The maximum Gasteiger partial charge on any atom is 0.320 e. The highest BCUT2D eigenvalue weighted by Crippen LogP contribution is 2.25. The van der Waals surface area contributed by atoms with E-state index in [0.717, 1.165) is 16.5 Å². The second-order valence-electron chi connectivity index (χ2n) is 6.12. The summed E-state index contributed by atoms with van der Waals surface area (Å²) in [6.07, 6.45) is 3.26. The molecule has 2 heterocycles. The summed E-state index contributed by atoms with van der Waals surface area (Å²) >= 11 is 0. The lowest BCUT2D eigenvalue weighted by atomic mass is 9.92. The number of pyridine rings is 1.